The lowest BCUT2D eigenvalue weighted by atomic mass is 10.2. The molecule has 2 heterocycles. The van der Waals surface area contributed by atoms with E-state index in [4.69, 9.17) is 0 Å². The van der Waals surface area contributed by atoms with Crippen molar-refractivity contribution in [1.82, 2.24) is 14.7 Å². The predicted molar refractivity (Wildman–Crippen MR) is 88.4 cm³/mol. The van der Waals surface area contributed by atoms with Crippen LogP contribution in [0.2, 0.25) is 0 Å². The Morgan fingerprint density at radius 2 is 1.65 bits per heavy atom. The van der Waals surface area contributed by atoms with Crippen molar-refractivity contribution in [2.24, 2.45) is 0 Å². The fraction of sp³-hybridized carbons (Fsp3) is 0.389. The van der Waals surface area contributed by atoms with E-state index >= 15 is 0 Å². The minimum atomic E-state index is -0.193. The summed E-state index contributed by atoms with van der Waals surface area (Å²) in [5.74, 6) is -0.0753. The van der Waals surface area contributed by atoms with Crippen LogP contribution in [0, 0.1) is 0 Å². The van der Waals surface area contributed by atoms with Crippen molar-refractivity contribution < 1.29 is 4.79 Å². The summed E-state index contributed by atoms with van der Waals surface area (Å²) in [7, 11) is 0. The van der Waals surface area contributed by atoms with Crippen LogP contribution in [0.4, 0.5) is 0 Å². The van der Waals surface area contributed by atoms with Gasteiger partial charge in [-0.15, -0.1) is 0 Å². The average molecular weight is 311 g/mol. The number of aromatic nitrogens is 2. The van der Waals surface area contributed by atoms with E-state index in [1.807, 2.05) is 35.2 Å². The average Bonchev–Trinajstić information content (AvgIpc) is 2.86. The van der Waals surface area contributed by atoms with Gasteiger partial charge in [-0.2, -0.15) is 5.10 Å². The summed E-state index contributed by atoms with van der Waals surface area (Å²) in [5, 5.41) is 4.29. The second kappa shape index (κ2) is 7.22. The molecule has 0 saturated carbocycles. The molecule has 5 nitrogen and oxygen atoms in total. The first-order valence-corrected chi connectivity index (χ1v) is 8.15. The van der Waals surface area contributed by atoms with Crippen molar-refractivity contribution >= 4 is 5.91 Å². The van der Waals surface area contributed by atoms with Gasteiger partial charge in [-0.25, -0.2) is 4.68 Å². The van der Waals surface area contributed by atoms with E-state index in [1.54, 1.807) is 0 Å². The summed E-state index contributed by atoms with van der Waals surface area (Å²) in [6.45, 7) is 1.93. The van der Waals surface area contributed by atoms with Gasteiger partial charge in [0.2, 0.25) is 0 Å². The molecule has 0 radical (unpaired) electrons. The third-order valence-electron chi connectivity index (χ3n) is 4.15. The number of nitrogens with zero attached hydrogens (tertiary/aromatic N) is 3. The van der Waals surface area contributed by atoms with Crippen LogP contribution in [0.1, 0.15) is 41.7 Å². The summed E-state index contributed by atoms with van der Waals surface area (Å²) in [6, 6.07) is 12.6. The fourth-order valence-corrected chi connectivity index (χ4v) is 2.87. The van der Waals surface area contributed by atoms with Crippen LogP contribution >= 0.6 is 0 Å². The second-order valence-corrected chi connectivity index (χ2v) is 5.91. The van der Waals surface area contributed by atoms with Gasteiger partial charge in [-0.05, 0) is 24.5 Å². The Hall–Kier alpha value is -2.43. The summed E-state index contributed by atoms with van der Waals surface area (Å²) < 4.78 is 1.36. The lowest BCUT2D eigenvalue weighted by molar-refractivity contribution is 0.0753. The fourth-order valence-electron chi connectivity index (χ4n) is 2.87. The highest BCUT2D eigenvalue weighted by molar-refractivity contribution is 5.92. The quantitative estimate of drug-likeness (QED) is 0.874. The normalized spacial score (nSPS) is 15.2. The van der Waals surface area contributed by atoms with Crippen LogP contribution in [0.15, 0.2) is 47.3 Å². The summed E-state index contributed by atoms with van der Waals surface area (Å²) >= 11 is 0. The standard InChI is InChI=1S/C18H21N3O2/c22-17-11-10-16(18(23)20-12-6-1-2-7-13-20)19-21(17)14-15-8-4-3-5-9-15/h3-5,8-11H,1-2,6-7,12-14H2. The Morgan fingerprint density at radius 1 is 0.957 bits per heavy atom. The van der Waals surface area contributed by atoms with E-state index < -0.39 is 0 Å². The molecule has 0 bridgehead atoms. The molecule has 120 valence electrons. The van der Waals surface area contributed by atoms with E-state index in [9.17, 15) is 9.59 Å². The summed E-state index contributed by atoms with van der Waals surface area (Å²) in [6.07, 6.45) is 4.42. The third kappa shape index (κ3) is 3.86. The molecule has 2 aromatic rings. The van der Waals surface area contributed by atoms with E-state index in [0.717, 1.165) is 31.5 Å². The minimum Gasteiger partial charge on any atom is -0.337 e. The molecule has 0 unspecified atom stereocenters. The SMILES string of the molecule is O=C(c1ccc(=O)n(Cc2ccccc2)n1)N1CCCCCC1. The number of benzene rings is 1. The minimum absolute atomic E-state index is 0.0753. The molecule has 1 amide bonds. The Morgan fingerprint density at radius 3 is 2.35 bits per heavy atom. The number of likely N-dealkylation sites (tertiary alicyclic amines) is 1. The molecule has 1 aromatic carbocycles. The largest absolute Gasteiger partial charge is 0.337 e. The molecule has 3 rings (SSSR count). The van der Waals surface area contributed by atoms with Crippen LogP contribution in [-0.2, 0) is 6.54 Å². The molecule has 0 aliphatic carbocycles. The zero-order valence-electron chi connectivity index (χ0n) is 13.1. The Labute approximate surface area is 135 Å². The number of carbonyl (C=O) groups excluding carboxylic acids is 1. The molecular formula is C18H21N3O2. The van der Waals surface area contributed by atoms with Gasteiger partial charge < -0.3 is 4.90 Å². The van der Waals surface area contributed by atoms with Gasteiger partial charge in [0.25, 0.3) is 11.5 Å². The zero-order valence-corrected chi connectivity index (χ0v) is 13.1. The Kier molecular flexibility index (Phi) is 4.86. The van der Waals surface area contributed by atoms with Crippen molar-refractivity contribution in [1.29, 1.82) is 0 Å². The molecule has 0 spiro atoms. The maximum atomic E-state index is 12.6. The molecule has 1 aliphatic rings. The number of hydrogen-bond acceptors (Lipinski definition) is 3. The lowest BCUT2D eigenvalue weighted by Crippen LogP contribution is -2.34. The Balaban J connectivity index is 1.82. The zero-order chi connectivity index (χ0) is 16.1. The molecular weight excluding hydrogens is 290 g/mol. The van der Waals surface area contributed by atoms with Gasteiger partial charge in [0, 0.05) is 19.2 Å². The molecule has 0 N–H and O–H groups in total. The van der Waals surface area contributed by atoms with Crippen molar-refractivity contribution in [2.45, 2.75) is 32.2 Å². The van der Waals surface area contributed by atoms with E-state index in [-0.39, 0.29) is 11.5 Å². The molecule has 1 aromatic heterocycles. The highest BCUT2D eigenvalue weighted by Crippen LogP contribution is 2.12. The molecule has 5 heteroatoms. The van der Waals surface area contributed by atoms with Crippen LogP contribution in [-0.4, -0.2) is 33.7 Å². The van der Waals surface area contributed by atoms with Crippen LogP contribution in [0.3, 0.4) is 0 Å². The monoisotopic (exact) mass is 311 g/mol. The number of rotatable bonds is 3. The highest BCUT2D eigenvalue weighted by atomic mass is 16.2. The molecule has 1 saturated heterocycles. The van der Waals surface area contributed by atoms with Crippen LogP contribution in [0.25, 0.3) is 0 Å². The second-order valence-electron chi connectivity index (χ2n) is 5.91. The summed E-state index contributed by atoms with van der Waals surface area (Å²) in [5.41, 5.74) is 1.14. The van der Waals surface area contributed by atoms with Gasteiger partial charge in [0.15, 0.2) is 0 Å². The van der Waals surface area contributed by atoms with Gasteiger partial charge in [-0.3, -0.25) is 9.59 Å². The number of hydrogen-bond donors (Lipinski definition) is 0. The van der Waals surface area contributed by atoms with E-state index in [1.165, 1.54) is 29.7 Å². The topological polar surface area (TPSA) is 55.2 Å². The van der Waals surface area contributed by atoms with Crippen molar-refractivity contribution in [3.05, 3.63) is 64.1 Å². The number of carbonyl (C=O) groups is 1. The van der Waals surface area contributed by atoms with Gasteiger partial charge in [-0.1, -0.05) is 43.2 Å². The first kappa shape index (κ1) is 15.5. The van der Waals surface area contributed by atoms with Gasteiger partial charge in [0.05, 0.1) is 6.54 Å². The van der Waals surface area contributed by atoms with Crippen LogP contribution in [0.5, 0.6) is 0 Å². The first-order chi connectivity index (χ1) is 11.2. The third-order valence-corrected chi connectivity index (χ3v) is 4.15. The Bertz CT molecular complexity index is 717. The highest BCUT2D eigenvalue weighted by Gasteiger charge is 2.19. The summed E-state index contributed by atoms with van der Waals surface area (Å²) in [4.78, 5) is 26.5. The van der Waals surface area contributed by atoms with E-state index in [0.29, 0.717) is 12.2 Å². The van der Waals surface area contributed by atoms with E-state index in [2.05, 4.69) is 5.10 Å². The lowest BCUT2D eigenvalue weighted by Gasteiger charge is -2.20. The number of amides is 1. The maximum absolute atomic E-state index is 12.6. The smallest absolute Gasteiger partial charge is 0.274 e. The van der Waals surface area contributed by atoms with Crippen molar-refractivity contribution in [3.63, 3.8) is 0 Å². The van der Waals surface area contributed by atoms with Crippen molar-refractivity contribution in [2.75, 3.05) is 13.1 Å². The van der Waals surface area contributed by atoms with Crippen molar-refractivity contribution in [3.8, 4) is 0 Å². The first-order valence-electron chi connectivity index (χ1n) is 8.15. The van der Waals surface area contributed by atoms with Crippen LogP contribution < -0.4 is 5.56 Å². The van der Waals surface area contributed by atoms with Gasteiger partial charge in [0.1, 0.15) is 5.69 Å². The molecule has 1 aliphatic heterocycles. The molecule has 0 atom stereocenters. The molecule has 1 fully saturated rings. The maximum Gasteiger partial charge on any atom is 0.274 e. The molecule has 23 heavy (non-hydrogen) atoms. The van der Waals surface area contributed by atoms with Gasteiger partial charge >= 0.3 is 0 Å². The predicted octanol–water partition coefficient (Wildman–Crippen LogP) is 2.31.